The second-order valence-corrected chi connectivity index (χ2v) is 8.72. The van der Waals surface area contributed by atoms with Crippen LogP contribution >= 0.6 is 0 Å². The average molecular weight is 467 g/mol. The van der Waals surface area contributed by atoms with E-state index < -0.39 is 6.04 Å². The van der Waals surface area contributed by atoms with Crippen LogP contribution in [0.5, 0.6) is 0 Å². The number of nitrogens with zero attached hydrogens (tertiary/aromatic N) is 1. The molecule has 0 spiro atoms. The molecular weight excluding hydrogens is 432 g/mol. The molecule has 0 aliphatic carbocycles. The lowest BCUT2D eigenvalue weighted by Gasteiger charge is -2.35. The van der Waals surface area contributed by atoms with Crippen LogP contribution in [-0.2, 0) is 9.53 Å². The first-order valence-corrected chi connectivity index (χ1v) is 11.6. The van der Waals surface area contributed by atoms with Gasteiger partial charge >= 0.3 is 6.03 Å². The van der Waals surface area contributed by atoms with Crippen molar-refractivity contribution < 1.29 is 19.1 Å². The zero-order chi connectivity index (χ0) is 24.5. The van der Waals surface area contributed by atoms with Crippen LogP contribution in [0.4, 0.5) is 10.5 Å². The number of aryl methyl sites for hydroxylation is 2. The van der Waals surface area contributed by atoms with Crippen molar-refractivity contribution in [2.24, 2.45) is 5.92 Å². The van der Waals surface area contributed by atoms with Gasteiger partial charge in [-0.15, -0.1) is 0 Å². The number of urea groups is 1. The number of carbonyl (C=O) groups is 3. The Bertz CT molecular complexity index is 967. The van der Waals surface area contributed by atoms with Gasteiger partial charge in [-0.05, 0) is 56.9 Å². The molecule has 1 aliphatic rings. The fourth-order valence-corrected chi connectivity index (χ4v) is 3.99. The maximum absolute atomic E-state index is 12.9. The maximum Gasteiger partial charge on any atom is 0.321 e. The van der Waals surface area contributed by atoms with Gasteiger partial charge in [-0.25, -0.2) is 4.79 Å². The molecule has 2 aromatic carbocycles. The minimum absolute atomic E-state index is 0.0830. The van der Waals surface area contributed by atoms with Gasteiger partial charge in [-0.3, -0.25) is 9.59 Å². The van der Waals surface area contributed by atoms with Crippen molar-refractivity contribution in [2.75, 3.05) is 38.7 Å². The summed E-state index contributed by atoms with van der Waals surface area (Å²) in [4.78, 5) is 40.2. The first kappa shape index (κ1) is 25.2. The van der Waals surface area contributed by atoms with Crippen molar-refractivity contribution in [1.82, 2.24) is 15.5 Å². The molecule has 1 unspecified atom stereocenters. The molecule has 0 radical (unpaired) electrons. The number of amides is 4. The minimum Gasteiger partial charge on any atom is -0.383 e. The Morgan fingerprint density at radius 2 is 1.56 bits per heavy atom. The van der Waals surface area contributed by atoms with Gasteiger partial charge in [0.25, 0.3) is 5.91 Å². The van der Waals surface area contributed by atoms with Gasteiger partial charge < -0.3 is 25.6 Å². The van der Waals surface area contributed by atoms with Crippen LogP contribution < -0.4 is 16.0 Å². The minimum atomic E-state index is -0.687. The largest absolute Gasteiger partial charge is 0.383 e. The molecule has 1 atom stereocenters. The molecule has 1 aliphatic heterocycles. The molecule has 8 nitrogen and oxygen atoms in total. The highest BCUT2D eigenvalue weighted by molar-refractivity contribution is 5.97. The molecule has 4 amide bonds. The lowest BCUT2D eigenvalue weighted by atomic mass is 9.88. The summed E-state index contributed by atoms with van der Waals surface area (Å²) in [6, 6.07) is 14.0. The van der Waals surface area contributed by atoms with E-state index >= 15 is 0 Å². The molecule has 8 heteroatoms. The molecule has 1 saturated heterocycles. The number of hydrogen-bond donors (Lipinski definition) is 3. The first-order chi connectivity index (χ1) is 16.4. The number of ether oxygens (including phenoxy) is 1. The Kier molecular flexibility index (Phi) is 9.04. The smallest absolute Gasteiger partial charge is 0.321 e. The van der Waals surface area contributed by atoms with Crippen LogP contribution in [0.25, 0.3) is 0 Å². The predicted molar refractivity (Wildman–Crippen MR) is 132 cm³/mol. The summed E-state index contributed by atoms with van der Waals surface area (Å²) in [5, 5.41) is 8.70. The molecule has 2 aromatic rings. The third-order valence-electron chi connectivity index (χ3n) is 6.09. The number of methoxy groups -OCH3 is 1. The third-order valence-corrected chi connectivity index (χ3v) is 6.09. The lowest BCUT2D eigenvalue weighted by Crippen LogP contribution is -2.54. The summed E-state index contributed by atoms with van der Waals surface area (Å²) in [5.41, 5.74) is 3.44. The van der Waals surface area contributed by atoms with Crippen LogP contribution in [0.3, 0.4) is 0 Å². The van der Waals surface area contributed by atoms with Crippen molar-refractivity contribution >= 4 is 23.5 Å². The fraction of sp³-hybridized carbons (Fsp3) is 0.423. The van der Waals surface area contributed by atoms with Gasteiger partial charge in [0, 0.05) is 38.0 Å². The van der Waals surface area contributed by atoms with E-state index in [1.807, 2.05) is 50.2 Å². The van der Waals surface area contributed by atoms with E-state index in [9.17, 15) is 14.4 Å². The molecule has 1 heterocycles. The monoisotopic (exact) mass is 466 g/mol. The van der Waals surface area contributed by atoms with Gasteiger partial charge in [-0.2, -0.15) is 0 Å². The summed E-state index contributed by atoms with van der Waals surface area (Å²) in [5.74, 6) is -0.605. The third kappa shape index (κ3) is 7.05. The molecule has 0 saturated carbocycles. The van der Waals surface area contributed by atoms with Crippen LogP contribution in [0.2, 0.25) is 0 Å². The van der Waals surface area contributed by atoms with Gasteiger partial charge in [0.2, 0.25) is 5.91 Å². The predicted octanol–water partition coefficient (Wildman–Crippen LogP) is 3.11. The molecule has 182 valence electrons. The van der Waals surface area contributed by atoms with E-state index in [1.54, 1.807) is 24.1 Å². The van der Waals surface area contributed by atoms with Crippen molar-refractivity contribution in [1.29, 1.82) is 0 Å². The van der Waals surface area contributed by atoms with Crippen LogP contribution in [0.15, 0.2) is 48.5 Å². The van der Waals surface area contributed by atoms with E-state index in [4.69, 9.17) is 4.74 Å². The van der Waals surface area contributed by atoms with Crippen molar-refractivity contribution in [3.63, 3.8) is 0 Å². The van der Waals surface area contributed by atoms with Crippen molar-refractivity contribution in [3.05, 3.63) is 65.2 Å². The second kappa shape index (κ2) is 12.2. The van der Waals surface area contributed by atoms with E-state index in [2.05, 4.69) is 16.0 Å². The molecule has 1 fully saturated rings. The van der Waals surface area contributed by atoms with E-state index in [0.29, 0.717) is 44.6 Å². The molecule has 3 rings (SSSR count). The van der Waals surface area contributed by atoms with Crippen molar-refractivity contribution in [2.45, 2.75) is 32.7 Å². The highest BCUT2D eigenvalue weighted by Crippen LogP contribution is 2.22. The molecule has 0 aromatic heterocycles. The lowest BCUT2D eigenvalue weighted by molar-refractivity contribution is -0.124. The number of rotatable bonds is 8. The zero-order valence-corrected chi connectivity index (χ0v) is 20.1. The Labute approximate surface area is 201 Å². The number of anilines is 1. The fourth-order valence-electron chi connectivity index (χ4n) is 3.99. The van der Waals surface area contributed by atoms with Gasteiger partial charge in [0.1, 0.15) is 6.04 Å². The zero-order valence-electron chi connectivity index (χ0n) is 20.1. The van der Waals surface area contributed by atoms with Crippen LogP contribution in [0.1, 0.15) is 34.3 Å². The Morgan fingerprint density at radius 1 is 0.971 bits per heavy atom. The Balaban J connectivity index is 1.62. The number of carbonyl (C=O) groups excluding carboxylic acids is 3. The summed E-state index contributed by atoms with van der Waals surface area (Å²) >= 11 is 0. The highest BCUT2D eigenvalue weighted by Gasteiger charge is 2.34. The number of benzene rings is 2. The summed E-state index contributed by atoms with van der Waals surface area (Å²) in [6.07, 6.45) is 1.22. The van der Waals surface area contributed by atoms with Crippen LogP contribution in [-0.4, -0.2) is 62.1 Å². The topological polar surface area (TPSA) is 99.8 Å². The molecular formula is C26H34N4O4. The van der Waals surface area contributed by atoms with Gasteiger partial charge in [0.05, 0.1) is 6.61 Å². The number of likely N-dealkylation sites (tertiary alicyclic amines) is 1. The molecule has 0 bridgehead atoms. The average Bonchev–Trinajstić information content (AvgIpc) is 2.84. The number of nitrogens with one attached hydrogen (secondary N) is 3. The van der Waals surface area contributed by atoms with E-state index in [-0.39, 0.29) is 23.8 Å². The highest BCUT2D eigenvalue weighted by atomic mass is 16.5. The summed E-state index contributed by atoms with van der Waals surface area (Å²) in [7, 11) is 1.57. The number of hydrogen-bond acceptors (Lipinski definition) is 4. The second-order valence-electron chi connectivity index (χ2n) is 8.72. The normalized spacial score (nSPS) is 14.9. The first-order valence-electron chi connectivity index (χ1n) is 11.6. The SMILES string of the molecule is COCCNC(=O)C(NC(=O)c1ccc(C)cc1)C1CCN(C(=O)Nc2ccc(C)cc2)CC1. The van der Waals surface area contributed by atoms with E-state index in [1.165, 1.54) is 0 Å². The summed E-state index contributed by atoms with van der Waals surface area (Å²) < 4.78 is 5.02. The van der Waals surface area contributed by atoms with Crippen molar-refractivity contribution in [3.8, 4) is 0 Å². The van der Waals surface area contributed by atoms with Gasteiger partial charge in [0.15, 0.2) is 0 Å². The quantitative estimate of drug-likeness (QED) is 0.521. The number of piperidine rings is 1. The van der Waals surface area contributed by atoms with Crippen LogP contribution in [0, 0.1) is 19.8 Å². The Morgan fingerprint density at radius 3 is 2.15 bits per heavy atom. The molecule has 34 heavy (non-hydrogen) atoms. The molecule has 3 N–H and O–H groups in total. The Hall–Kier alpha value is -3.39. The standard InChI is InChI=1S/C26H34N4O4/c1-18-4-8-21(9-5-18)24(31)29-23(25(32)27-14-17-34-3)20-12-15-30(16-13-20)26(33)28-22-10-6-19(2)7-11-22/h4-11,20,23H,12-17H2,1-3H3,(H,27,32)(H,28,33)(H,29,31). The maximum atomic E-state index is 12.9. The summed E-state index contributed by atoms with van der Waals surface area (Å²) in [6.45, 7) is 5.72. The van der Waals surface area contributed by atoms with Gasteiger partial charge in [-0.1, -0.05) is 35.4 Å². The van der Waals surface area contributed by atoms with E-state index in [0.717, 1.165) is 16.8 Å².